The van der Waals surface area contributed by atoms with E-state index in [0.717, 1.165) is 5.56 Å². The van der Waals surface area contributed by atoms with Gasteiger partial charge in [0.1, 0.15) is 11.5 Å². The van der Waals surface area contributed by atoms with E-state index in [-0.39, 0.29) is 11.5 Å². The van der Waals surface area contributed by atoms with E-state index in [1.807, 2.05) is 0 Å². The lowest BCUT2D eigenvalue weighted by Crippen LogP contribution is -2.33. The minimum Gasteiger partial charge on any atom is -0.369 e. The van der Waals surface area contributed by atoms with Gasteiger partial charge in [0, 0.05) is 11.0 Å². The van der Waals surface area contributed by atoms with E-state index in [4.69, 9.17) is 17.3 Å². The number of aromatic nitrogens is 2. The number of amides is 1. The summed E-state index contributed by atoms with van der Waals surface area (Å²) in [7, 11) is 0. The molecule has 0 fully saturated rings. The van der Waals surface area contributed by atoms with Crippen molar-refractivity contribution in [2.24, 2.45) is 11.1 Å². The summed E-state index contributed by atoms with van der Waals surface area (Å²) in [4.78, 5) is 30.9. The van der Waals surface area contributed by atoms with E-state index in [2.05, 4.69) is 9.97 Å². The van der Waals surface area contributed by atoms with E-state index < -0.39 is 22.7 Å². The fraction of sp³-hybridized carbons (Fsp3) is 0.211. The molecule has 0 spiro atoms. The second-order valence-corrected chi connectivity index (χ2v) is 8.15. The highest BCUT2D eigenvalue weighted by Gasteiger charge is 2.26. The number of hydrogen-bond donors (Lipinski definition) is 2. The molecule has 0 aliphatic carbocycles. The monoisotopic (exact) mass is 405 g/mol. The first-order valence-corrected chi connectivity index (χ1v) is 9.37. The Balaban J connectivity index is 2.10. The predicted molar refractivity (Wildman–Crippen MR) is 105 cm³/mol. The Labute approximate surface area is 164 Å². The molecule has 0 atom stereocenters. The molecule has 0 aliphatic heterocycles. The van der Waals surface area contributed by atoms with E-state index in [0.29, 0.717) is 21.9 Å². The molecule has 3 rings (SSSR count). The summed E-state index contributed by atoms with van der Waals surface area (Å²) in [6, 6.07) is 8.59. The number of aromatic amines is 1. The lowest BCUT2D eigenvalue weighted by molar-refractivity contribution is -0.125. The van der Waals surface area contributed by atoms with Crippen LogP contribution in [0.25, 0.3) is 22.0 Å². The normalized spacial score (nSPS) is 11.6. The van der Waals surface area contributed by atoms with Gasteiger partial charge in [-0.25, -0.2) is 4.98 Å². The van der Waals surface area contributed by atoms with E-state index in [9.17, 15) is 14.0 Å². The molecule has 27 heavy (non-hydrogen) atoms. The maximum atomic E-state index is 14.3. The SMILES string of the molecule is CC(C)(Cc1ccc(Cl)c(-c2nc(-c3cccs3)c(F)c(=O)[nH]2)c1)C(N)=O. The fourth-order valence-corrected chi connectivity index (χ4v) is 3.54. The summed E-state index contributed by atoms with van der Waals surface area (Å²) in [6.45, 7) is 3.49. The summed E-state index contributed by atoms with van der Waals surface area (Å²) >= 11 is 7.57. The largest absolute Gasteiger partial charge is 0.369 e. The summed E-state index contributed by atoms with van der Waals surface area (Å²) in [5.41, 5.74) is 5.03. The molecule has 5 nitrogen and oxygen atoms in total. The number of nitrogens with one attached hydrogen (secondary N) is 1. The standard InChI is InChI=1S/C19H17ClFN3O2S/c1-19(2,18(22)26)9-10-5-6-12(20)11(8-10)16-23-15(13-4-3-7-27-13)14(21)17(25)24-16/h3-8H,9H2,1-2H3,(H2,22,26)(H,23,24,25). The molecule has 0 unspecified atom stereocenters. The molecule has 0 radical (unpaired) electrons. The number of rotatable bonds is 5. The number of benzene rings is 1. The van der Waals surface area contributed by atoms with Gasteiger partial charge in [-0.3, -0.25) is 9.59 Å². The molecule has 2 heterocycles. The van der Waals surface area contributed by atoms with Gasteiger partial charge in [0.15, 0.2) is 0 Å². The van der Waals surface area contributed by atoms with Gasteiger partial charge >= 0.3 is 0 Å². The third kappa shape index (κ3) is 3.94. The highest BCUT2D eigenvalue weighted by atomic mass is 35.5. The topological polar surface area (TPSA) is 88.8 Å². The van der Waals surface area contributed by atoms with Crippen LogP contribution in [-0.2, 0) is 11.2 Å². The van der Waals surface area contributed by atoms with Gasteiger partial charge in [-0.15, -0.1) is 11.3 Å². The Hall–Kier alpha value is -2.51. The number of halogens is 2. The van der Waals surface area contributed by atoms with Crippen molar-refractivity contribution in [3.05, 3.63) is 62.5 Å². The second kappa shape index (κ2) is 7.25. The number of hydrogen-bond acceptors (Lipinski definition) is 4. The first-order valence-electron chi connectivity index (χ1n) is 8.11. The van der Waals surface area contributed by atoms with Crippen LogP contribution < -0.4 is 11.3 Å². The lowest BCUT2D eigenvalue weighted by Gasteiger charge is -2.20. The maximum Gasteiger partial charge on any atom is 0.287 e. The molecule has 8 heteroatoms. The number of primary amides is 1. The molecule has 140 valence electrons. The lowest BCUT2D eigenvalue weighted by atomic mass is 9.85. The van der Waals surface area contributed by atoms with E-state index in [1.165, 1.54) is 11.3 Å². The smallest absolute Gasteiger partial charge is 0.287 e. The van der Waals surface area contributed by atoms with Crippen LogP contribution in [0.4, 0.5) is 4.39 Å². The molecule has 0 saturated carbocycles. The first-order chi connectivity index (χ1) is 12.7. The summed E-state index contributed by atoms with van der Waals surface area (Å²) in [5.74, 6) is -1.20. The Bertz CT molecular complexity index is 1060. The van der Waals surface area contributed by atoms with Crippen molar-refractivity contribution in [2.45, 2.75) is 20.3 Å². The van der Waals surface area contributed by atoms with Gasteiger partial charge in [-0.1, -0.05) is 37.6 Å². The van der Waals surface area contributed by atoms with Crippen LogP contribution in [0.2, 0.25) is 5.02 Å². The summed E-state index contributed by atoms with van der Waals surface area (Å²) in [6.07, 6.45) is 0.385. The molecule has 0 bridgehead atoms. The van der Waals surface area contributed by atoms with Crippen LogP contribution in [0.1, 0.15) is 19.4 Å². The number of carbonyl (C=O) groups is 1. The van der Waals surface area contributed by atoms with Crippen LogP contribution in [-0.4, -0.2) is 15.9 Å². The summed E-state index contributed by atoms with van der Waals surface area (Å²) in [5, 5.41) is 2.12. The van der Waals surface area contributed by atoms with Crippen molar-refractivity contribution < 1.29 is 9.18 Å². The van der Waals surface area contributed by atoms with Crippen molar-refractivity contribution >= 4 is 28.8 Å². The van der Waals surface area contributed by atoms with Gasteiger partial charge in [0.2, 0.25) is 11.7 Å². The molecular formula is C19H17ClFN3O2S. The molecule has 0 aliphatic rings. The molecule has 3 aromatic rings. The number of carbonyl (C=O) groups excluding carboxylic acids is 1. The Kier molecular flexibility index (Phi) is 5.17. The van der Waals surface area contributed by atoms with Crippen molar-refractivity contribution in [2.75, 3.05) is 0 Å². The minimum absolute atomic E-state index is 0.0253. The Morgan fingerprint density at radius 2 is 2.11 bits per heavy atom. The highest BCUT2D eigenvalue weighted by Crippen LogP contribution is 2.31. The van der Waals surface area contributed by atoms with Gasteiger partial charge in [-0.2, -0.15) is 4.39 Å². The minimum atomic E-state index is -0.941. The van der Waals surface area contributed by atoms with Gasteiger partial charge in [-0.05, 0) is 35.6 Å². The van der Waals surface area contributed by atoms with Crippen LogP contribution >= 0.6 is 22.9 Å². The fourth-order valence-electron chi connectivity index (χ4n) is 2.62. The van der Waals surface area contributed by atoms with Crippen molar-refractivity contribution in [3.8, 4) is 22.0 Å². The molecule has 3 N–H and O–H groups in total. The third-order valence-electron chi connectivity index (χ3n) is 4.22. The Morgan fingerprint density at radius 3 is 2.74 bits per heavy atom. The third-order valence-corrected chi connectivity index (χ3v) is 5.42. The van der Waals surface area contributed by atoms with Crippen molar-refractivity contribution in [1.82, 2.24) is 9.97 Å². The number of H-pyrrole nitrogens is 1. The van der Waals surface area contributed by atoms with Crippen LogP contribution in [0.5, 0.6) is 0 Å². The van der Waals surface area contributed by atoms with Crippen molar-refractivity contribution in [3.63, 3.8) is 0 Å². The second-order valence-electron chi connectivity index (χ2n) is 6.79. The van der Waals surface area contributed by atoms with Crippen LogP contribution in [0, 0.1) is 11.2 Å². The molecular weight excluding hydrogens is 389 g/mol. The molecule has 0 saturated heterocycles. The van der Waals surface area contributed by atoms with Gasteiger partial charge in [0.05, 0.1) is 9.90 Å². The maximum absolute atomic E-state index is 14.3. The average Bonchev–Trinajstić information content (AvgIpc) is 3.13. The molecule has 1 amide bonds. The zero-order valence-corrected chi connectivity index (χ0v) is 16.2. The van der Waals surface area contributed by atoms with Gasteiger partial charge < -0.3 is 10.7 Å². The highest BCUT2D eigenvalue weighted by molar-refractivity contribution is 7.13. The zero-order chi connectivity index (χ0) is 19.8. The Morgan fingerprint density at radius 1 is 1.37 bits per heavy atom. The van der Waals surface area contributed by atoms with Crippen LogP contribution in [0.15, 0.2) is 40.5 Å². The summed E-state index contributed by atoms with van der Waals surface area (Å²) < 4.78 is 14.3. The molecule has 2 aromatic heterocycles. The van der Waals surface area contributed by atoms with Gasteiger partial charge in [0.25, 0.3) is 5.56 Å². The molecule has 1 aromatic carbocycles. The quantitative estimate of drug-likeness (QED) is 0.672. The first kappa shape index (κ1) is 19.3. The van der Waals surface area contributed by atoms with E-state index in [1.54, 1.807) is 49.6 Å². The zero-order valence-electron chi connectivity index (χ0n) is 14.7. The number of nitrogens with zero attached hydrogens (tertiary/aromatic N) is 1. The average molecular weight is 406 g/mol. The van der Waals surface area contributed by atoms with E-state index >= 15 is 0 Å². The number of nitrogens with two attached hydrogens (primary N) is 1. The predicted octanol–water partition coefficient (Wildman–Crippen LogP) is 4.01. The number of thiophene rings is 1. The van der Waals surface area contributed by atoms with Crippen LogP contribution in [0.3, 0.4) is 0 Å². The van der Waals surface area contributed by atoms with Crippen molar-refractivity contribution in [1.29, 1.82) is 0 Å².